The minimum atomic E-state index is -2.01. The first kappa shape index (κ1) is 16.1. The number of aliphatic imine (C=N–C) groups is 1. The Morgan fingerprint density at radius 2 is 1.78 bits per heavy atom. The van der Waals surface area contributed by atoms with E-state index in [1.165, 1.54) is 0 Å². The van der Waals surface area contributed by atoms with Crippen LogP contribution in [0, 0.1) is 5.41 Å². The van der Waals surface area contributed by atoms with E-state index in [9.17, 15) is 19.5 Å². The van der Waals surface area contributed by atoms with Crippen LogP contribution in [-0.2, 0) is 23.9 Å². The molecule has 0 aromatic rings. The van der Waals surface area contributed by atoms with Gasteiger partial charge in [0.25, 0.3) is 0 Å². The minimum absolute atomic E-state index is 0.0351. The molecule has 0 aromatic carbocycles. The predicted octanol–water partition coefficient (Wildman–Crippen LogP) is -1.06. The molecule has 0 bridgehead atoms. The van der Waals surface area contributed by atoms with Gasteiger partial charge in [-0.05, 0) is 20.8 Å². The Kier molecular flexibility index (Phi) is 6.62. The predicted molar refractivity (Wildman–Crippen MR) is 59.7 cm³/mol. The lowest BCUT2D eigenvalue weighted by Gasteiger charge is -2.23. The van der Waals surface area contributed by atoms with Crippen LogP contribution < -0.4 is 5.11 Å². The van der Waals surface area contributed by atoms with Gasteiger partial charge in [-0.3, -0.25) is 14.6 Å². The average Bonchev–Trinajstić information content (AvgIpc) is 2.29. The van der Waals surface area contributed by atoms with Gasteiger partial charge in [0.15, 0.2) is 0 Å². The highest BCUT2D eigenvalue weighted by Gasteiger charge is 2.34. The Hall–Kier alpha value is -1.92. The van der Waals surface area contributed by atoms with Crippen LogP contribution in [0.2, 0.25) is 0 Å². The molecule has 0 radical (unpaired) electrons. The molecule has 0 aromatic heterocycles. The number of carboxylic acids is 1. The van der Waals surface area contributed by atoms with Crippen LogP contribution in [-0.4, -0.2) is 43.9 Å². The Bertz CT molecular complexity index is 351. The van der Waals surface area contributed by atoms with Crippen molar-refractivity contribution in [2.75, 3.05) is 19.8 Å². The number of rotatable bonds is 7. The van der Waals surface area contributed by atoms with Crippen molar-refractivity contribution in [1.82, 2.24) is 0 Å². The van der Waals surface area contributed by atoms with Crippen molar-refractivity contribution in [3.63, 3.8) is 0 Å². The summed E-state index contributed by atoms with van der Waals surface area (Å²) < 4.78 is 9.20. The average molecular weight is 258 g/mol. The number of ether oxygens (including phenoxy) is 2. The molecular weight excluding hydrogens is 242 g/mol. The Labute approximate surface area is 105 Å². The fourth-order valence-corrected chi connectivity index (χ4v) is 0.979. The zero-order chi connectivity index (χ0) is 14.2. The van der Waals surface area contributed by atoms with E-state index < -0.39 is 23.3 Å². The number of carbonyl (C=O) groups is 3. The summed E-state index contributed by atoms with van der Waals surface area (Å²) in [5.41, 5.74) is -2.01. The maximum Gasteiger partial charge on any atom is 0.327 e. The molecule has 0 spiro atoms. The minimum Gasteiger partial charge on any atom is -0.549 e. The maximum absolute atomic E-state index is 11.5. The van der Waals surface area contributed by atoms with Crippen LogP contribution in [0.1, 0.15) is 20.8 Å². The third-order valence-corrected chi connectivity index (χ3v) is 2.00. The summed E-state index contributed by atoms with van der Waals surface area (Å²) in [7, 11) is 0. The zero-order valence-electron chi connectivity index (χ0n) is 10.6. The van der Waals surface area contributed by atoms with Crippen molar-refractivity contribution in [1.29, 1.82) is 0 Å². The first-order valence-electron chi connectivity index (χ1n) is 5.43. The first-order valence-corrected chi connectivity index (χ1v) is 5.43. The molecule has 18 heavy (non-hydrogen) atoms. The van der Waals surface area contributed by atoms with Crippen LogP contribution in [0.4, 0.5) is 0 Å². The van der Waals surface area contributed by atoms with Crippen molar-refractivity contribution in [3.8, 4) is 0 Å². The van der Waals surface area contributed by atoms with Gasteiger partial charge in [0.05, 0.1) is 19.2 Å². The van der Waals surface area contributed by atoms with Crippen LogP contribution in [0.5, 0.6) is 0 Å². The summed E-state index contributed by atoms with van der Waals surface area (Å²) in [6.45, 7) is 4.14. The molecular formula is C11H16NO6-. The number of carbonyl (C=O) groups excluding carboxylic acids is 3. The first-order chi connectivity index (χ1) is 8.38. The van der Waals surface area contributed by atoms with Gasteiger partial charge in [0, 0.05) is 6.21 Å². The van der Waals surface area contributed by atoms with Gasteiger partial charge in [-0.25, -0.2) is 0 Å². The van der Waals surface area contributed by atoms with Gasteiger partial charge in [0.2, 0.25) is 0 Å². The molecule has 1 atom stereocenters. The van der Waals surface area contributed by atoms with Gasteiger partial charge in [-0.15, -0.1) is 0 Å². The maximum atomic E-state index is 11.5. The molecule has 0 fully saturated rings. The smallest absolute Gasteiger partial charge is 0.327 e. The lowest BCUT2D eigenvalue weighted by atomic mass is 9.93. The highest BCUT2D eigenvalue weighted by Crippen LogP contribution is 2.14. The van der Waals surface area contributed by atoms with E-state index >= 15 is 0 Å². The lowest BCUT2D eigenvalue weighted by Crippen LogP contribution is -2.48. The van der Waals surface area contributed by atoms with E-state index in [1.54, 1.807) is 13.8 Å². The summed E-state index contributed by atoms with van der Waals surface area (Å²) in [5, 5.41) is 10.9. The SMILES string of the molecule is CCOC(=O)CN=CC(C)(C(=O)[O-])C(=O)OCC. The summed E-state index contributed by atoms with van der Waals surface area (Å²) in [6, 6.07) is 0. The number of carboxylic acid groups (broad SMARTS) is 1. The summed E-state index contributed by atoms with van der Waals surface area (Å²) in [5.74, 6) is -3.25. The molecule has 1 unspecified atom stereocenters. The normalized spacial score (nSPS) is 13.9. The number of hydrogen-bond acceptors (Lipinski definition) is 7. The van der Waals surface area contributed by atoms with Gasteiger partial charge in [-0.2, -0.15) is 0 Å². The van der Waals surface area contributed by atoms with Gasteiger partial charge in [0.1, 0.15) is 12.0 Å². The molecule has 0 saturated carbocycles. The second-order valence-electron chi connectivity index (χ2n) is 3.49. The molecule has 7 heteroatoms. The monoisotopic (exact) mass is 258 g/mol. The van der Waals surface area contributed by atoms with E-state index in [0.29, 0.717) is 0 Å². The van der Waals surface area contributed by atoms with Crippen LogP contribution >= 0.6 is 0 Å². The topological polar surface area (TPSA) is 105 Å². The van der Waals surface area contributed by atoms with Crippen molar-refractivity contribution in [2.45, 2.75) is 20.8 Å². The second kappa shape index (κ2) is 7.41. The molecule has 7 nitrogen and oxygen atoms in total. The van der Waals surface area contributed by atoms with E-state index in [0.717, 1.165) is 13.1 Å². The summed E-state index contributed by atoms with van der Waals surface area (Å²) in [6.07, 6.45) is 0.831. The third-order valence-electron chi connectivity index (χ3n) is 2.00. The number of esters is 2. The number of nitrogens with zero attached hydrogens (tertiary/aromatic N) is 1. The molecule has 0 heterocycles. The number of aliphatic carboxylic acids is 1. The van der Waals surface area contributed by atoms with Crippen LogP contribution in [0.25, 0.3) is 0 Å². The van der Waals surface area contributed by atoms with Crippen molar-refractivity contribution in [3.05, 3.63) is 0 Å². The van der Waals surface area contributed by atoms with E-state index in [-0.39, 0.29) is 19.8 Å². The molecule has 0 saturated heterocycles. The standard InChI is InChI=1S/C11H17NO6/c1-4-17-8(13)6-12-7-11(3,9(14)15)10(16)18-5-2/h7H,4-6H2,1-3H3,(H,14,15)/p-1. The fourth-order valence-electron chi connectivity index (χ4n) is 0.979. The third kappa shape index (κ3) is 4.52. The van der Waals surface area contributed by atoms with Gasteiger partial charge >= 0.3 is 11.9 Å². The Balaban J connectivity index is 4.72. The van der Waals surface area contributed by atoms with Crippen LogP contribution in [0.15, 0.2) is 4.99 Å². The fraction of sp³-hybridized carbons (Fsp3) is 0.636. The van der Waals surface area contributed by atoms with Crippen molar-refractivity contribution in [2.24, 2.45) is 10.4 Å². The molecule has 0 rings (SSSR count). The Morgan fingerprint density at radius 1 is 1.22 bits per heavy atom. The Morgan fingerprint density at radius 3 is 2.22 bits per heavy atom. The second-order valence-corrected chi connectivity index (χ2v) is 3.49. The molecule has 0 N–H and O–H groups in total. The number of hydrogen-bond donors (Lipinski definition) is 0. The van der Waals surface area contributed by atoms with E-state index in [2.05, 4.69) is 14.5 Å². The summed E-state index contributed by atoms with van der Waals surface area (Å²) in [4.78, 5) is 36.9. The van der Waals surface area contributed by atoms with E-state index in [1.807, 2.05) is 0 Å². The van der Waals surface area contributed by atoms with Gasteiger partial charge < -0.3 is 19.4 Å². The van der Waals surface area contributed by atoms with E-state index in [4.69, 9.17) is 0 Å². The molecule has 0 aliphatic carbocycles. The van der Waals surface area contributed by atoms with Crippen molar-refractivity contribution < 1.29 is 29.0 Å². The highest BCUT2D eigenvalue weighted by atomic mass is 16.5. The van der Waals surface area contributed by atoms with Crippen LogP contribution in [0.3, 0.4) is 0 Å². The summed E-state index contributed by atoms with van der Waals surface area (Å²) >= 11 is 0. The molecule has 0 aliphatic rings. The van der Waals surface area contributed by atoms with Gasteiger partial charge in [-0.1, -0.05) is 0 Å². The quantitative estimate of drug-likeness (QED) is 0.327. The highest BCUT2D eigenvalue weighted by molar-refractivity contribution is 6.13. The lowest BCUT2D eigenvalue weighted by molar-refractivity contribution is -0.313. The zero-order valence-corrected chi connectivity index (χ0v) is 10.6. The molecule has 0 aliphatic heterocycles. The largest absolute Gasteiger partial charge is 0.549 e. The molecule has 0 amide bonds. The molecule has 102 valence electrons. The van der Waals surface area contributed by atoms with Crippen molar-refractivity contribution >= 4 is 24.1 Å².